The second-order valence-corrected chi connectivity index (χ2v) is 10.1. The lowest BCUT2D eigenvalue weighted by molar-refractivity contribution is -0.919. The van der Waals surface area contributed by atoms with Gasteiger partial charge in [-0.05, 0) is 33.4 Å². The molecular formula is C23H40N5O3S+. The topological polar surface area (TPSA) is 67.8 Å². The number of unbranched alkanes of at least 4 members (excludes halogenated alkanes) is 3. The van der Waals surface area contributed by atoms with Crippen LogP contribution in [0, 0.1) is 0 Å². The molecule has 3 rings (SSSR count). The molecule has 1 aromatic heterocycles. The third-order valence-electron chi connectivity index (χ3n) is 6.56. The Hall–Kier alpha value is -1.71. The van der Waals surface area contributed by atoms with Crippen molar-refractivity contribution in [3.8, 4) is 5.88 Å². The molecule has 0 spiro atoms. The molecule has 0 aromatic carbocycles. The van der Waals surface area contributed by atoms with Gasteiger partial charge in [-0.2, -0.15) is 4.37 Å². The molecule has 3 heterocycles. The van der Waals surface area contributed by atoms with Gasteiger partial charge in [-0.25, -0.2) is 4.79 Å². The predicted molar refractivity (Wildman–Crippen MR) is 128 cm³/mol. The van der Waals surface area contributed by atoms with Crippen LogP contribution in [0.4, 0.5) is 4.79 Å². The Labute approximate surface area is 197 Å². The molecule has 0 bridgehead atoms. The van der Waals surface area contributed by atoms with Crippen LogP contribution in [0.1, 0.15) is 57.6 Å². The molecule has 2 aliphatic heterocycles. The molecule has 1 atom stereocenters. The number of likely N-dealkylation sites (tertiary alicyclic amines) is 1. The van der Waals surface area contributed by atoms with E-state index in [1.165, 1.54) is 31.0 Å². The number of hydrogen-bond donors (Lipinski definition) is 0. The third kappa shape index (κ3) is 6.89. The third-order valence-corrected chi connectivity index (χ3v) is 7.08. The predicted octanol–water partition coefficient (Wildman–Crippen LogP) is 3.85. The summed E-state index contributed by atoms with van der Waals surface area (Å²) in [6, 6.07) is 0.549. The Morgan fingerprint density at radius 2 is 2.03 bits per heavy atom. The monoisotopic (exact) mass is 466 g/mol. The summed E-state index contributed by atoms with van der Waals surface area (Å²) in [5.74, 6) is 0.645. The lowest BCUT2D eigenvalue weighted by atomic mass is 10.0. The summed E-state index contributed by atoms with van der Waals surface area (Å²) in [7, 11) is 6.35. The van der Waals surface area contributed by atoms with E-state index >= 15 is 0 Å². The Morgan fingerprint density at radius 1 is 1.25 bits per heavy atom. The zero-order valence-electron chi connectivity index (χ0n) is 20.2. The average Bonchev–Trinajstić information content (AvgIpc) is 3.26. The fraction of sp³-hybridized carbons (Fsp3) is 0.783. The molecule has 1 aromatic rings. The molecule has 0 aliphatic carbocycles. The number of carbonyl (C=O) groups is 1. The van der Waals surface area contributed by atoms with E-state index in [0.29, 0.717) is 29.7 Å². The van der Waals surface area contributed by atoms with Gasteiger partial charge in [-0.15, -0.1) is 4.37 Å². The summed E-state index contributed by atoms with van der Waals surface area (Å²) in [5, 5.41) is 0. The van der Waals surface area contributed by atoms with Crippen molar-refractivity contribution in [2.75, 3.05) is 60.7 Å². The quantitative estimate of drug-likeness (QED) is 0.385. The number of nitrogens with zero attached hydrogens (tertiary/aromatic N) is 5. The maximum atomic E-state index is 12.6. The van der Waals surface area contributed by atoms with Gasteiger partial charge in [0.15, 0.2) is 0 Å². The number of carbonyl (C=O) groups excluding carboxylic acids is 1. The maximum Gasteiger partial charge on any atom is 0.414 e. The van der Waals surface area contributed by atoms with Crippen molar-refractivity contribution in [3.05, 3.63) is 11.8 Å². The number of quaternary nitrogens is 1. The summed E-state index contributed by atoms with van der Waals surface area (Å²) in [6.07, 6.45) is 9.63. The van der Waals surface area contributed by atoms with Crippen molar-refractivity contribution in [2.24, 2.45) is 0 Å². The number of piperidine rings is 1. The van der Waals surface area contributed by atoms with Crippen LogP contribution < -0.4 is 4.74 Å². The molecular weight excluding hydrogens is 426 g/mol. The van der Waals surface area contributed by atoms with E-state index in [1.807, 2.05) is 4.90 Å². The fourth-order valence-corrected chi connectivity index (χ4v) is 4.95. The first-order valence-electron chi connectivity index (χ1n) is 12.0. The minimum Gasteiger partial charge on any atom is -0.475 e. The van der Waals surface area contributed by atoms with Gasteiger partial charge in [0.1, 0.15) is 12.2 Å². The van der Waals surface area contributed by atoms with Crippen molar-refractivity contribution in [1.82, 2.24) is 18.5 Å². The highest BCUT2D eigenvalue weighted by Gasteiger charge is 2.32. The highest BCUT2D eigenvalue weighted by molar-refractivity contribution is 6.99. The molecule has 1 saturated heterocycles. The van der Waals surface area contributed by atoms with Gasteiger partial charge in [0.05, 0.1) is 31.9 Å². The van der Waals surface area contributed by atoms with Crippen molar-refractivity contribution < 1.29 is 18.8 Å². The van der Waals surface area contributed by atoms with Crippen LogP contribution in [0.2, 0.25) is 0 Å². The molecule has 0 N–H and O–H groups in total. The lowest BCUT2D eigenvalue weighted by Gasteiger charge is -2.38. The van der Waals surface area contributed by atoms with Gasteiger partial charge in [-0.3, -0.25) is 4.48 Å². The zero-order valence-corrected chi connectivity index (χ0v) is 21.0. The molecule has 2 aliphatic rings. The van der Waals surface area contributed by atoms with Crippen LogP contribution in [0.5, 0.6) is 5.88 Å². The Morgan fingerprint density at radius 3 is 2.75 bits per heavy atom. The molecule has 0 saturated carbocycles. The molecule has 32 heavy (non-hydrogen) atoms. The second kappa shape index (κ2) is 12.0. The van der Waals surface area contributed by atoms with E-state index in [9.17, 15) is 4.79 Å². The van der Waals surface area contributed by atoms with Crippen LogP contribution in [0.3, 0.4) is 0 Å². The van der Waals surface area contributed by atoms with E-state index < -0.39 is 0 Å². The van der Waals surface area contributed by atoms with Crippen LogP contribution in [0.15, 0.2) is 6.08 Å². The SMILES string of the molecule is CCCCCCOc1nsnc1C1=CCC[N+](C)(COC(=O)N2CCC(N(C)C)CC2)C1. The highest BCUT2D eigenvalue weighted by atomic mass is 32.1. The number of rotatable bonds is 10. The highest BCUT2D eigenvalue weighted by Crippen LogP contribution is 2.30. The average molecular weight is 467 g/mol. The van der Waals surface area contributed by atoms with Gasteiger partial charge in [0.25, 0.3) is 5.88 Å². The molecule has 180 valence electrons. The van der Waals surface area contributed by atoms with Crippen LogP contribution in [-0.2, 0) is 4.74 Å². The molecule has 1 amide bonds. The van der Waals surface area contributed by atoms with Gasteiger partial charge in [0, 0.05) is 31.1 Å². The molecule has 0 radical (unpaired) electrons. The standard InChI is InChI=1S/C23H40N5O3S/c1-5-6-7-8-16-30-22-21(24-32-25-22)19-10-9-15-28(4,17-19)18-31-23(29)27-13-11-20(12-14-27)26(2)3/h10,20H,5-9,11-18H2,1-4H3/q+1. The Bertz CT molecular complexity index is 761. The summed E-state index contributed by atoms with van der Waals surface area (Å²) < 4.78 is 21.3. The number of ether oxygens (including phenoxy) is 2. The summed E-state index contributed by atoms with van der Waals surface area (Å²) in [6.45, 7) is 6.48. The first kappa shape index (κ1) is 24.9. The maximum absolute atomic E-state index is 12.6. The van der Waals surface area contributed by atoms with E-state index in [0.717, 1.165) is 63.1 Å². The van der Waals surface area contributed by atoms with Gasteiger partial charge in [-0.1, -0.05) is 32.3 Å². The molecule has 1 fully saturated rings. The van der Waals surface area contributed by atoms with Crippen molar-refractivity contribution in [2.45, 2.75) is 57.9 Å². The first-order chi connectivity index (χ1) is 15.4. The van der Waals surface area contributed by atoms with Crippen LogP contribution >= 0.6 is 11.7 Å². The van der Waals surface area contributed by atoms with Crippen molar-refractivity contribution in [1.29, 1.82) is 0 Å². The van der Waals surface area contributed by atoms with Gasteiger partial charge >= 0.3 is 6.09 Å². The molecule has 8 nitrogen and oxygen atoms in total. The second-order valence-electron chi connectivity index (χ2n) is 9.57. The molecule has 1 unspecified atom stereocenters. The van der Waals surface area contributed by atoms with Crippen molar-refractivity contribution in [3.63, 3.8) is 0 Å². The first-order valence-corrected chi connectivity index (χ1v) is 12.7. The van der Waals surface area contributed by atoms with Gasteiger partial charge in [0.2, 0.25) is 6.73 Å². The van der Waals surface area contributed by atoms with E-state index in [4.69, 9.17) is 9.47 Å². The zero-order chi connectivity index (χ0) is 23.0. The van der Waals surface area contributed by atoms with E-state index in [2.05, 4.69) is 47.8 Å². The Kier molecular flexibility index (Phi) is 9.31. The molecule has 9 heteroatoms. The normalized spacial score (nSPS) is 22.2. The van der Waals surface area contributed by atoms with E-state index in [-0.39, 0.29) is 6.09 Å². The summed E-state index contributed by atoms with van der Waals surface area (Å²) >= 11 is 1.20. The minimum absolute atomic E-state index is 0.191. The van der Waals surface area contributed by atoms with Crippen molar-refractivity contribution >= 4 is 23.4 Å². The van der Waals surface area contributed by atoms with Gasteiger partial charge < -0.3 is 19.3 Å². The van der Waals surface area contributed by atoms with Crippen LogP contribution in [0.25, 0.3) is 5.57 Å². The largest absolute Gasteiger partial charge is 0.475 e. The van der Waals surface area contributed by atoms with E-state index in [1.54, 1.807) is 0 Å². The van der Waals surface area contributed by atoms with Crippen LogP contribution in [-0.4, -0.2) is 95.8 Å². The number of amides is 1. The fourth-order valence-electron chi connectivity index (χ4n) is 4.42. The summed E-state index contributed by atoms with van der Waals surface area (Å²) in [4.78, 5) is 16.7. The minimum atomic E-state index is -0.191. The smallest absolute Gasteiger partial charge is 0.414 e. The Balaban J connectivity index is 1.49. The lowest BCUT2D eigenvalue weighted by Crippen LogP contribution is -2.51. The number of hydrogen-bond acceptors (Lipinski definition) is 7. The summed E-state index contributed by atoms with van der Waals surface area (Å²) in [5.41, 5.74) is 1.99. The number of likely N-dealkylation sites (N-methyl/N-ethyl adjacent to an activating group) is 1. The number of aromatic nitrogens is 2.